The summed E-state index contributed by atoms with van der Waals surface area (Å²) in [6, 6.07) is 17.7. The molecule has 2 aromatic carbocycles. The van der Waals surface area contributed by atoms with Crippen LogP contribution in [0.4, 0.5) is 4.79 Å². The number of para-hydroxylation sites is 1. The van der Waals surface area contributed by atoms with Gasteiger partial charge in [0.2, 0.25) is 0 Å². The third kappa shape index (κ3) is 3.26. The standard InChI is InChI=1S/C21H22N6O/c1-3-13-22-21(28)24-19-20-26-25-14(2)27(20)17-12-8-7-11-16(17)18(23-19)15-9-5-4-6-10-15/h4-12,19H,3,13H2,1-2H3,(H2,22,24,28). The van der Waals surface area contributed by atoms with Crippen LogP contribution in [-0.2, 0) is 0 Å². The van der Waals surface area contributed by atoms with E-state index in [1.807, 2.05) is 73.0 Å². The average molecular weight is 374 g/mol. The Balaban J connectivity index is 1.87. The number of nitrogens with one attached hydrogen (secondary N) is 2. The molecule has 1 unspecified atom stereocenters. The lowest BCUT2D eigenvalue weighted by Gasteiger charge is -2.15. The smallest absolute Gasteiger partial charge is 0.316 e. The molecule has 7 heteroatoms. The number of benzene rings is 2. The van der Waals surface area contributed by atoms with Crippen LogP contribution in [0.1, 0.15) is 42.3 Å². The lowest BCUT2D eigenvalue weighted by Crippen LogP contribution is -2.38. The van der Waals surface area contributed by atoms with E-state index in [2.05, 4.69) is 20.8 Å². The summed E-state index contributed by atoms with van der Waals surface area (Å²) < 4.78 is 1.96. The van der Waals surface area contributed by atoms with Crippen LogP contribution in [0.15, 0.2) is 59.6 Å². The Morgan fingerprint density at radius 2 is 1.82 bits per heavy atom. The second-order valence-electron chi connectivity index (χ2n) is 6.60. The van der Waals surface area contributed by atoms with Crippen LogP contribution < -0.4 is 10.6 Å². The number of aryl methyl sites for hydroxylation is 1. The normalized spacial score (nSPS) is 15.1. The monoisotopic (exact) mass is 374 g/mol. The molecule has 2 heterocycles. The van der Waals surface area contributed by atoms with Gasteiger partial charge in [-0.2, -0.15) is 0 Å². The van der Waals surface area contributed by atoms with Crippen molar-refractivity contribution in [3.8, 4) is 5.69 Å². The number of fused-ring (bicyclic) bond motifs is 3. The maximum atomic E-state index is 12.4. The minimum Gasteiger partial charge on any atom is -0.338 e. The van der Waals surface area contributed by atoms with E-state index in [0.717, 1.165) is 34.8 Å². The van der Waals surface area contributed by atoms with Gasteiger partial charge in [-0.1, -0.05) is 55.5 Å². The molecule has 0 radical (unpaired) electrons. The van der Waals surface area contributed by atoms with E-state index in [0.29, 0.717) is 12.4 Å². The first kappa shape index (κ1) is 17.9. The summed E-state index contributed by atoms with van der Waals surface area (Å²) >= 11 is 0. The summed E-state index contributed by atoms with van der Waals surface area (Å²) in [6.07, 6.45) is 0.206. The molecule has 2 N–H and O–H groups in total. The highest BCUT2D eigenvalue weighted by Crippen LogP contribution is 2.29. The fourth-order valence-electron chi connectivity index (χ4n) is 3.32. The zero-order valence-electron chi connectivity index (χ0n) is 15.9. The molecule has 0 saturated carbocycles. The number of carbonyl (C=O) groups excluding carboxylic acids is 1. The summed E-state index contributed by atoms with van der Waals surface area (Å²) in [5.74, 6) is 1.33. The molecule has 1 aliphatic heterocycles. The molecule has 1 aliphatic rings. The topological polar surface area (TPSA) is 84.2 Å². The minimum atomic E-state index is -0.652. The highest BCUT2D eigenvalue weighted by atomic mass is 16.2. The number of carbonyl (C=O) groups is 1. The Kier molecular flexibility index (Phi) is 4.89. The van der Waals surface area contributed by atoms with Crippen LogP contribution in [0.3, 0.4) is 0 Å². The lowest BCUT2D eigenvalue weighted by atomic mass is 10.0. The SMILES string of the molecule is CCCNC(=O)NC1N=C(c2ccccc2)c2ccccc2-n2c(C)nnc21. The van der Waals surface area contributed by atoms with Crippen molar-refractivity contribution < 1.29 is 4.79 Å². The number of urea groups is 1. The second-order valence-corrected chi connectivity index (χ2v) is 6.60. The van der Waals surface area contributed by atoms with E-state index in [4.69, 9.17) is 4.99 Å². The van der Waals surface area contributed by atoms with E-state index < -0.39 is 6.17 Å². The predicted molar refractivity (Wildman–Crippen MR) is 108 cm³/mol. The summed E-state index contributed by atoms with van der Waals surface area (Å²) in [5.41, 5.74) is 3.70. The molecule has 0 saturated heterocycles. The predicted octanol–water partition coefficient (Wildman–Crippen LogP) is 3.13. The molecular weight excluding hydrogens is 352 g/mol. The third-order valence-electron chi connectivity index (χ3n) is 4.60. The number of hydrogen-bond donors (Lipinski definition) is 2. The first-order chi connectivity index (χ1) is 13.7. The molecule has 0 bridgehead atoms. The summed E-state index contributed by atoms with van der Waals surface area (Å²) in [7, 11) is 0. The van der Waals surface area contributed by atoms with Crippen molar-refractivity contribution in [1.29, 1.82) is 0 Å². The van der Waals surface area contributed by atoms with Gasteiger partial charge < -0.3 is 10.6 Å². The van der Waals surface area contributed by atoms with E-state index in [1.54, 1.807) is 0 Å². The number of aromatic nitrogens is 3. The molecular formula is C21H22N6O. The van der Waals surface area contributed by atoms with Crippen LogP contribution in [-0.4, -0.2) is 33.1 Å². The van der Waals surface area contributed by atoms with Crippen molar-refractivity contribution in [2.45, 2.75) is 26.4 Å². The molecule has 0 fully saturated rings. The van der Waals surface area contributed by atoms with Gasteiger partial charge in [-0.15, -0.1) is 10.2 Å². The van der Waals surface area contributed by atoms with Gasteiger partial charge >= 0.3 is 6.03 Å². The molecule has 0 aliphatic carbocycles. The van der Waals surface area contributed by atoms with E-state index in [1.165, 1.54) is 0 Å². The average Bonchev–Trinajstić information content (AvgIpc) is 3.05. The minimum absolute atomic E-state index is 0.277. The zero-order valence-corrected chi connectivity index (χ0v) is 15.9. The number of amides is 2. The largest absolute Gasteiger partial charge is 0.338 e. The molecule has 0 spiro atoms. The van der Waals surface area contributed by atoms with Gasteiger partial charge in [0.15, 0.2) is 12.0 Å². The van der Waals surface area contributed by atoms with E-state index in [9.17, 15) is 4.79 Å². The van der Waals surface area contributed by atoms with Gasteiger partial charge in [0.25, 0.3) is 0 Å². The fourth-order valence-corrected chi connectivity index (χ4v) is 3.32. The first-order valence-electron chi connectivity index (χ1n) is 9.38. The van der Waals surface area contributed by atoms with Crippen LogP contribution >= 0.6 is 0 Å². The Labute approximate surface area is 163 Å². The Morgan fingerprint density at radius 3 is 2.61 bits per heavy atom. The van der Waals surface area contributed by atoms with Gasteiger partial charge in [0, 0.05) is 17.7 Å². The van der Waals surface area contributed by atoms with Gasteiger partial charge in [-0.25, -0.2) is 4.79 Å². The van der Waals surface area contributed by atoms with Crippen molar-refractivity contribution in [3.05, 3.63) is 77.4 Å². The Hall–Kier alpha value is -3.48. The molecule has 7 nitrogen and oxygen atoms in total. The number of rotatable bonds is 4. The van der Waals surface area contributed by atoms with Crippen molar-refractivity contribution in [1.82, 2.24) is 25.4 Å². The van der Waals surface area contributed by atoms with Crippen LogP contribution in [0, 0.1) is 6.92 Å². The highest BCUT2D eigenvalue weighted by Gasteiger charge is 2.28. The second kappa shape index (κ2) is 7.64. The molecule has 1 aromatic heterocycles. The zero-order chi connectivity index (χ0) is 19.5. The third-order valence-corrected chi connectivity index (χ3v) is 4.60. The van der Waals surface area contributed by atoms with Gasteiger partial charge in [-0.3, -0.25) is 9.56 Å². The van der Waals surface area contributed by atoms with Crippen LogP contribution in [0.25, 0.3) is 5.69 Å². The number of aliphatic imine (C=N–C) groups is 1. The van der Waals surface area contributed by atoms with E-state index in [-0.39, 0.29) is 6.03 Å². The van der Waals surface area contributed by atoms with Crippen molar-refractivity contribution in [3.63, 3.8) is 0 Å². The molecule has 1 atom stereocenters. The van der Waals surface area contributed by atoms with Gasteiger partial charge in [0.1, 0.15) is 5.82 Å². The quantitative estimate of drug-likeness (QED) is 0.736. The van der Waals surface area contributed by atoms with Crippen molar-refractivity contribution in [2.75, 3.05) is 6.54 Å². The van der Waals surface area contributed by atoms with Crippen LogP contribution in [0.5, 0.6) is 0 Å². The van der Waals surface area contributed by atoms with Gasteiger partial charge in [0.05, 0.1) is 11.4 Å². The fraction of sp³-hybridized carbons (Fsp3) is 0.238. The molecule has 142 valence electrons. The summed E-state index contributed by atoms with van der Waals surface area (Å²) in [6.45, 7) is 4.50. The van der Waals surface area contributed by atoms with Crippen molar-refractivity contribution in [2.24, 2.45) is 4.99 Å². The Morgan fingerprint density at radius 1 is 1.07 bits per heavy atom. The molecule has 3 aromatic rings. The Bertz CT molecular complexity index is 1020. The maximum absolute atomic E-state index is 12.4. The maximum Gasteiger partial charge on any atom is 0.316 e. The highest BCUT2D eigenvalue weighted by molar-refractivity contribution is 6.15. The summed E-state index contributed by atoms with van der Waals surface area (Å²) in [5, 5.41) is 14.3. The molecule has 2 amide bonds. The number of hydrogen-bond acceptors (Lipinski definition) is 4. The number of nitrogens with zero attached hydrogens (tertiary/aromatic N) is 4. The van der Waals surface area contributed by atoms with E-state index >= 15 is 0 Å². The lowest BCUT2D eigenvalue weighted by molar-refractivity contribution is 0.237. The molecule has 28 heavy (non-hydrogen) atoms. The molecule has 4 rings (SSSR count). The van der Waals surface area contributed by atoms with Crippen LogP contribution in [0.2, 0.25) is 0 Å². The summed E-state index contributed by atoms with van der Waals surface area (Å²) in [4.78, 5) is 17.3. The van der Waals surface area contributed by atoms with Crippen molar-refractivity contribution >= 4 is 11.7 Å². The first-order valence-corrected chi connectivity index (χ1v) is 9.38. The van der Waals surface area contributed by atoms with Gasteiger partial charge in [-0.05, 0) is 19.4 Å².